The van der Waals surface area contributed by atoms with Gasteiger partial charge in [0.05, 0.1) is 6.61 Å². The van der Waals surface area contributed by atoms with E-state index in [1.165, 1.54) is 32.1 Å². The van der Waals surface area contributed by atoms with Crippen molar-refractivity contribution in [3.05, 3.63) is 59.9 Å². The molecule has 2 aromatic carbocycles. The molecule has 0 bridgehead atoms. The van der Waals surface area contributed by atoms with Gasteiger partial charge in [0, 0.05) is 17.1 Å². The van der Waals surface area contributed by atoms with Gasteiger partial charge < -0.3 is 4.74 Å². The van der Waals surface area contributed by atoms with Gasteiger partial charge >= 0.3 is 0 Å². The van der Waals surface area contributed by atoms with E-state index in [-0.39, 0.29) is 5.78 Å². The molecule has 1 aliphatic rings. The van der Waals surface area contributed by atoms with Crippen LogP contribution < -0.4 is 4.74 Å². The van der Waals surface area contributed by atoms with Gasteiger partial charge in [-0.3, -0.25) is 9.78 Å². The summed E-state index contributed by atoms with van der Waals surface area (Å²) in [5, 5.41) is 2.00. The van der Waals surface area contributed by atoms with Gasteiger partial charge in [0.2, 0.25) is 5.78 Å². The van der Waals surface area contributed by atoms with E-state index in [0.717, 1.165) is 40.7 Å². The Bertz CT molecular complexity index is 972. The number of ether oxygens (including phenoxy) is 1. The third-order valence-electron chi connectivity index (χ3n) is 5.30. The number of carbonyl (C=O) groups excluding carboxylic acids is 1. The predicted molar refractivity (Wildman–Crippen MR) is 109 cm³/mol. The van der Waals surface area contributed by atoms with Crippen LogP contribution in [0.4, 0.5) is 0 Å². The van der Waals surface area contributed by atoms with Crippen molar-refractivity contribution in [3.63, 3.8) is 0 Å². The number of rotatable bonds is 8. The van der Waals surface area contributed by atoms with Gasteiger partial charge in [-0.25, -0.2) is 0 Å². The largest absolute Gasteiger partial charge is 0.494 e. The SMILES string of the molecule is CCCCCCCCOc1ccc2c(c1)-c1cccc3ccnc(c13)C2=O. The first-order valence-electron chi connectivity index (χ1n) is 9.99. The Hall–Kier alpha value is -2.68. The second-order valence-electron chi connectivity index (χ2n) is 7.22. The van der Waals surface area contributed by atoms with Crippen molar-refractivity contribution >= 4 is 16.6 Å². The van der Waals surface area contributed by atoms with E-state index in [4.69, 9.17) is 4.74 Å². The van der Waals surface area contributed by atoms with E-state index >= 15 is 0 Å². The van der Waals surface area contributed by atoms with Crippen molar-refractivity contribution in [1.29, 1.82) is 0 Å². The van der Waals surface area contributed by atoms with Crippen LogP contribution in [0.2, 0.25) is 0 Å². The topological polar surface area (TPSA) is 39.2 Å². The van der Waals surface area contributed by atoms with Crippen LogP contribution in [0.15, 0.2) is 48.7 Å². The van der Waals surface area contributed by atoms with Crippen LogP contribution in [0.1, 0.15) is 61.5 Å². The Kier molecular flexibility index (Phi) is 5.19. The number of carbonyl (C=O) groups is 1. The molecule has 0 amide bonds. The number of benzene rings is 2. The Morgan fingerprint density at radius 1 is 0.889 bits per heavy atom. The van der Waals surface area contributed by atoms with Gasteiger partial charge in [-0.15, -0.1) is 0 Å². The van der Waals surface area contributed by atoms with E-state index in [9.17, 15) is 4.79 Å². The first kappa shape index (κ1) is 17.7. The number of unbranched alkanes of at least 4 members (excludes halogenated alkanes) is 5. The zero-order valence-electron chi connectivity index (χ0n) is 15.8. The molecule has 27 heavy (non-hydrogen) atoms. The molecule has 0 fully saturated rings. The van der Waals surface area contributed by atoms with Crippen LogP contribution in [-0.4, -0.2) is 17.4 Å². The number of ketones is 1. The Morgan fingerprint density at radius 2 is 1.74 bits per heavy atom. The fourth-order valence-corrected chi connectivity index (χ4v) is 3.86. The molecule has 138 valence electrons. The van der Waals surface area contributed by atoms with Gasteiger partial charge in [0.25, 0.3) is 0 Å². The Balaban J connectivity index is 1.54. The van der Waals surface area contributed by atoms with Gasteiger partial charge in [-0.1, -0.05) is 57.2 Å². The smallest absolute Gasteiger partial charge is 0.212 e. The number of hydrogen-bond donors (Lipinski definition) is 0. The molecule has 3 nitrogen and oxygen atoms in total. The lowest BCUT2D eigenvalue weighted by Gasteiger charge is -2.19. The minimum Gasteiger partial charge on any atom is -0.494 e. The normalized spacial score (nSPS) is 12.3. The molecular weight excluding hydrogens is 334 g/mol. The van der Waals surface area contributed by atoms with Gasteiger partial charge in [0.1, 0.15) is 11.4 Å². The molecule has 4 rings (SSSR count). The van der Waals surface area contributed by atoms with Crippen molar-refractivity contribution in [1.82, 2.24) is 4.98 Å². The summed E-state index contributed by atoms with van der Waals surface area (Å²) in [6, 6.07) is 13.9. The number of pyridine rings is 1. The minimum absolute atomic E-state index is 0.00299. The molecule has 0 aliphatic heterocycles. The summed E-state index contributed by atoms with van der Waals surface area (Å²) < 4.78 is 5.97. The molecular formula is C24H25NO2. The fourth-order valence-electron chi connectivity index (χ4n) is 3.86. The lowest BCUT2D eigenvalue weighted by molar-refractivity contribution is 0.103. The average Bonchev–Trinajstić information content (AvgIpc) is 2.71. The van der Waals surface area contributed by atoms with E-state index < -0.39 is 0 Å². The standard InChI is InChI=1S/C24H25NO2/c1-2-3-4-5-6-7-15-27-18-11-12-20-21(16-18)19-10-8-9-17-13-14-25-23(22(17)19)24(20)26/h8-14,16H,2-7,15H2,1H3. The van der Waals surface area contributed by atoms with Crippen molar-refractivity contribution in [2.45, 2.75) is 45.4 Å². The van der Waals surface area contributed by atoms with Crippen LogP contribution in [0.3, 0.4) is 0 Å². The van der Waals surface area contributed by atoms with Gasteiger partial charge in [-0.2, -0.15) is 0 Å². The predicted octanol–water partition coefficient (Wildman–Crippen LogP) is 6.19. The van der Waals surface area contributed by atoms with Crippen LogP contribution >= 0.6 is 0 Å². The maximum atomic E-state index is 12.9. The highest BCUT2D eigenvalue weighted by atomic mass is 16.5. The van der Waals surface area contributed by atoms with Crippen LogP contribution in [0.25, 0.3) is 21.9 Å². The van der Waals surface area contributed by atoms with E-state index in [1.54, 1.807) is 6.20 Å². The molecule has 1 aromatic heterocycles. The quantitative estimate of drug-likeness (QED) is 0.352. The summed E-state index contributed by atoms with van der Waals surface area (Å²) in [5.74, 6) is 0.830. The zero-order chi connectivity index (χ0) is 18.6. The Labute approximate surface area is 160 Å². The number of nitrogens with zero attached hydrogens (tertiary/aromatic N) is 1. The summed E-state index contributed by atoms with van der Waals surface area (Å²) in [6.07, 6.45) is 9.18. The second-order valence-corrected chi connectivity index (χ2v) is 7.22. The third-order valence-corrected chi connectivity index (χ3v) is 5.30. The molecule has 0 N–H and O–H groups in total. The summed E-state index contributed by atoms with van der Waals surface area (Å²) in [4.78, 5) is 17.2. The highest BCUT2D eigenvalue weighted by Gasteiger charge is 2.26. The molecule has 0 unspecified atom stereocenters. The summed E-state index contributed by atoms with van der Waals surface area (Å²) in [7, 11) is 0. The number of hydrogen-bond acceptors (Lipinski definition) is 3. The van der Waals surface area contributed by atoms with Crippen molar-refractivity contribution in [3.8, 4) is 16.9 Å². The average molecular weight is 359 g/mol. The van der Waals surface area contributed by atoms with Crippen LogP contribution in [-0.2, 0) is 0 Å². The molecule has 1 heterocycles. The highest BCUT2D eigenvalue weighted by molar-refractivity contribution is 6.24. The molecule has 0 saturated carbocycles. The lowest BCUT2D eigenvalue weighted by atomic mass is 9.85. The summed E-state index contributed by atoms with van der Waals surface area (Å²) in [6.45, 7) is 2.96. The van der Waals surface area contributed by atoms with Gasteiger partial charge in [0.15, 0.2) is 0 Å². The van der Waals surface area contributed by atoms with E-state index in [1.807, 2.05) is 36.4 Å². The highest BCUT2D eigenvalue weighted by Crippen LogP contribution is 2.39. The molecule has 0 atom stereocenters. The molecule has 0 spiro atoms. The molecule has 0 radical (unpaired) electrons. The minimum atomic E-state index is -0.00299. The van der Waals surface area contributed by atoms with E-state index in [0.29, 0.717) is 11.3 Å². The maximum Gasteiger partial charge on any atom is 0.212 e. The number of fused-ring (bicyclic) bond motifs is 2. The third kappa shape index (κ3) is 3.46. The van der Waals surface area contributed by atoms with Crippen LogP contribution in [0, 0.1) is 0 Å². The molecule has 0 saturated heterocycles. The first-order valence-corrected chi connectivity index (χ1v) is 9.99. The first-order chi connectivity index (χ1) is 13.3. The Morgan fingerprint density at radius 3 is 2.63 bits per heavy atom. The lowest BCUT2D eigenvalue weighted by Crippen LogP contribution is -2.12. The van der Waals surface area contributed by atoms with Gasteiger partial charge in [-0.05, 0) is 47.2 Å². The fraction of sp³-hybridized carbons (Fsp3) is 0.333. The van der Waals surface area contributed by atoms with E-state index in [2.05, 4.69) is 18.0 Å². The zero-order valence-corrected chi connectivity index (χ0v) is 15.8. The van der Waals surface area contributed by atoms with Crippen LogP contribution in [0.5, 0.6) is 5.75 Å². The monoisotopic (exact) mass is 359 g/mol. The maximum absolute atomic E-state index is 12.9. The van der Waals surface area contributed by atoms with Crippen molar-refractivity contribution < 1.29 is 9.53 Å². The molecule has 3 heteroatoms. The second kappa shape index (κ2) is 7.91. The summed E-state index contributed by atoms with van der Waals surface area (Å²) in [5.41, 5.74) is 3.28. The van der Waals surface area contributed by atoms with Crippen molar-refractivity contribution in [2.24, 2.45) is 0 Å². The van der Waals surface area contributed by atoms with Crippen molar-refractivity contribution in [2.75, 3.05) is 6.61 Å². The summed E-state index contributed by atoms with van der Waals surface area (Å²) >= 11 is 0. The molecule has 3 aromatic rings. The molecule has 1 aliphatic carbocycles. The number of aromatic nitrogens is 1.